The fourth-order valence-corrected chi connectivity index (χ4v) is 2.24. The van der Waals surface area contributed by atoms with Crippen molar-refractivity contribution in [1.29, 1.82) is 0 Å². The van der Waals surface area contributed by atoms with Crippen molar-refractivity contribution in [2.45, 2.75) is 33.7 Å². The SMILES string of the molecule is CCn1ncnc1CC(=O)CSCC(C)C. The van der Waals surface area contributed by atoms with E-state index in [0.29, 0.717) is 18.1 Å². The molecule has 0 bridgehead atoms. The van der Waals surface area contributed by atoms with Gasteiger partial charge in [0.2, 0.25) is 0 Å². The molecule has 0 N–H and O–H groups in total. The first-order chi connectivity index (χ1) is 7.63. The van der Waals surface area contributed by atoms with Gasteiger partial charge in [-0.15, -0.1) is 0 Å². The molecule has 0 aliphatic heterocycles. The number of Topliss-reactive ketones (excluding diaryl/α,β-unsaturated/α-hetero) is 1. The number of aromatic nitrogens is 3. The van der Waals surface area contributed by atoms with Gasteiger partial charge < -0.3 is 0 Å². The summed E-state index contributed by atoms with van der Waals surface area (Å²) in [5.74, 6) is 3.25. The molecule has 0 spiro atoms. The molecule has 1 aromatic heterocycles. The van der Waals surface area contributed by atoms with Crippen LogP contribution in [-0.2, 0) is 17.8 Å². The monoisotopic (exact) mass is 241 g/mol. The van der Waals surface area contributed by atoms with Gasteiger partial charge >= 0.3 is 0 Å². The van der Waals surface area contributed by atoms with E-state index >= 15 is 0 Å². The van der Waals surface area contributed by atoms with Gasteiger partial charge in [-0.2, -0.15) is 16.9 Å². The van der Waals surface area contributed by atoms with Gasteiger partial charge in [-0.25, -0.2) is 9.67 Å². The predicted octanol–water partition coefficient (Wildman–Crippen LogP) is 1.80. The molecule has 0 aliphatic carbocycles. The molecule has 1 aromatic rings. The van der Waals surface area contributed by atoms with Crippen LogP contribution in [0.2, 0.25) is 0 Å². The lowest BCUT2D eigenvalue weighted by atomic mass is 10.3. The second-order valence-corrected chi connectivity index (χ2v) is 5.15. The maximum Gasteiger partial charge on any atom is 0.150 e. The van der Waals surface area contributed by atoms with Gasteiger partial charge in [-0.1, -0.05) is 13.8 Å². The fraction of sp³-hybridized carbons (Fsp3) is 0.727. The quantitative estimate of drug-likeness (QED) is 0.730. The first-order valence-corrected chi connectivity index (χ1v) is 6.75. The lowest BCUT2D eigenvalue weighted by molar-refractivity contribution is -0.116. The molecule has 90 valence electrons. The molecule has 0 radical (unpaired) electrons. The van der Waals surface area contributed by atoms with Crippen LogP contribution in [0.3, 0.4) is 0 Å². The van der Waals surface area contributed by atoms with Crippen LogP contribution in [0.1, 0.15) is 26.6 Å². The van der Waals surface area contributed by atoms with Crippen LogP contribution in [-0.4, -0.2) is 32.1 Å². The Morgan fingerprint density at radius 3 is 2.94 bits per heavy atom. The molecule has 4 nitrogen and oxygen atoms in total. The van der Waals surface area contributed by atoms with Crippen molar-refractivity contribution in [3.63, 3.8) is 0 Å². The summed E-state index contributed by atoms with van der Waals surface area (Å²) >= 11 is 1.70. The first kappa shape index (κ1) is 13.2. The van der Waals surface area contributed by atoms with E-state index in [1.807, 2.05) is 6.92 Å². The van der Waals surface area contributed by atoms with E-state index in [1.54, 1.807) is 16.4 Å². The zero-order chi connectivity index (χ0) is 12.0. The summed E-state index contributed by atoms with van der Waals surface area (Å²) < 4.78 is 1.77. The minimum atomic E-state index is 0.230. The molecule has 0 aromatic carbocycles. The van der Waals surface area contributed by atoms with E-state index in [0.717, 1.165) is 18.1 Å². The molecule has 0 fully saturated rings. The van der Waals surface area contributed by atoms with Gasteiger partial charge in [-0.05, 0) is 18.6 Å². The van der Waals surface area contributed by atoms with Crippen molar-refractivity contribution >= 4 is 17.5 Å². The molecule has 0 unspecified atom stereocenters. The Bertz CT molecular complexity index is 336. The van der Waals surface area contributed by atoms with E-state index in [2.05, 4.69) is 23.9 Å². The second kappa shape index (κ2) is 6.68. The standard InChI is InChI=1S/C11H19N3OS/c1-4-14-11(12-8-13-14)5-10(15)7-16-6-9(2)3/h8-9H,4-7H2,1-3H3. The number of carbonyl (C=O) groups excluding carboxylic acids is 1. The van der Waals surface area contributed by atoms with E-state index in [4.69, 9.17) is 0 Å². The minimum absolute atomic E-state index is 0.230. The average Bonchev–Trinajstić information content (AvgIpc) is 2.64. The number of carbonyl (C=O) groups is 1. The van der Waals surface area contributed by atoms with Gasteiger partial charge in [0.25, 0.3) is 0 Å². The number of rotatable bonds is 7. The molecule has 1 rings (SSSR count). The lowest BCUT2D eigenvalue weighted by Gasteiger charge is -2.04. The van der Waals surface area contributed by atoms with Gasteiger partial charge in [0, 0.05) is 6.54 Å². The summed E-state index contributed by atoms with van der Waals surface area (Å²) in [7, 11) is 0. The topological polar surface area (TPSA) is 47.8 Å². The summed E-state index contributed by atoms with van der Waals surface area (Å²) in [6.07, 6.45) is 1.91. The Kier molecular flexibility index (Phi) is 5.52. The van der Waals surface area contributed by atoms with Crippen molar-refractivity contribution in [3.05, 3.63) is 12.2 Å². The highest BCUT2D eigenvalue weighted by Crippen LogP contribution is 2.08. The molecular formula is C11H19N3OS. The molecule has 1 heterocycles. The van der Waals surface area contributed by atoms with Crippen LogP contribution >= 0.6 is 11.8 Å². The van der Waals surface area contributed by atoms with E-state index in [9.17, 15) is 4.79 Å². The largest absolute Gasteiger partial charge is 0.298 e. The molecule has 0 amide bonds. The summed E-state index contributed by atoms with van der Waals surface area (Å²) in [6.45, 7) is 7.08. The lowest BCUT2D eigenvalue weighted by Crippen LogP contribution is -2.12. The third-order valence-corrected chi connectivity index (χ3v) is 3.49. The number of thioether (sulfide) groups is 1. The van der Waals surface area contributed by atoms with E-state index in [1.165, 1.54) is 6.33 Å². The third-order valence-electron chi connectivity index (χ3n) is 2.06. The Balaban J connectivity index is 2.34. The molecular weight excluding hydrogens is 222 g/mol. The normalized spacial score (nSPS) is 11.0. The van der Waals surface area contributed by atoms with Crippen LogP contribution in [0.25, 0.3) is 0 Å². The molecule has 0 aliphatic rings. The van der Waals surface area contributed by atoms with Crippen LogP contribution in [0, 0.1) is 5.92 Å². The average molecular weight is 241 g/mol. The molecule has 0 saturated heterocycles. The highest BCUT2D eigenvalue weighted by Gasteiger charge is 2.09. The van der Waals surface area contributed by atoms with Crippen LogP contribution < -0.4 is 0 Å². The summed E-state index contributed by atoms with van der Waals surface area (Å²) in [6, 6.07) is 0. The molecule has 0 atom stereocenters. The van der Waals surface area contributed by atoms with Gasteiger partial charge in [-0.3, -0.25) is 4.79 Å². The van der Waals surface area contributed by atoms with Crippen molar-refractivity contribution in [3.8, 4) is 0 Å². The number of aryl methyl sites for hydroxylation is 1. The number of ketones is 1. The van der Waals surface area contributed by atoms with Crippen LogP contribution in [0.15, 0.2) is 6.33 Å². The smallest absolute Gasteiger partial charge is 0.150 e. The van der Waals surface area contributed by atoms with Crippen molar-refractivity contribution < 1.29 is 4.79 Å². The van der Waals surface area contributed by atoms with Crippen molar-refractivity contribution in [2.75, 3.05) is 11.5 Å². The minimum Gasteiger partial charge on any atom is -0.298 e. The van der Waals surface area contributed by atoms with E-state index < -0.39 is 0 Å². The summed E-state index contributed by atoms with van der Waals surface area (Å²) in [5, 5.41) is 4.04. The Morgan fingerprint density at radius 1 is 1.56 bits per heavy atom. The summed E-state index contributed by atoms with van der Waals surface area (Å²) in [4.78, 5) is 15.8. The maximum atomic E-state index is 11.7. The number of hydrogen-bond acceptors (Lipinski definition) is 4. The zero-order valence-electron chi connectivity index (χ0n) is 10.1. The molecule has 5 heteroatoms. The van der Waals surface area contributed by atoms with Crippen LogP contribution in [0.4, 0.5) is 0 Å². The predicted molar refractivity (Wildman–Crippen MR) is 66.6 cm³/mol. The van der Waals surface area contributed by atoms with Gasteiger partial charge in [0.15, 0.2) is 0 Å². The Labute approximate surface area is 101 Å². The van der Waals surface area contributed by atoms with Crippen LogP contribution in [0.5, 0.6) is 0 Å². The van der Waals surface area contributed by atoms with Gasteiger partial charge in [0.1, 0.15) is 17.9 Å². The Hall–Kier alpha value is -0.840. The number of hydrogen-bond donors (Lipinski definition) is 0. The Morgan fingerprint density at radius 2 is 2.31 bits per heavy atom. The molecule has 16 heavy (non-hydrogen) atoms. The highest BCUT2D eigenvalue weighted by molar-refractivity contribution is 7.99. The molecule has 0 saturated carbocycles. The first-order valence-electron chi connectivity index (χ1n) is 5.59. The zero-order valence-corrected chi connectivity index (χ0v) is 11.0. The fourth-order valence-electron chi connectivity index (χ4n) is 1.33. The van der Waals surface area contributed by atoms with E-state index in [-0.39, 0.29) is 5.78 Å². The summed E-state index contributed by atoms with van der Waals surface area (Å²) in [5.41, 5.74) is 0. The highest BCUT2D eigenvalue weighted by atomic mass is 32.2. The maximum absolute atomic E-state index is 11.7. The second-order valence-electron chi connectivity index (χ2n) is 4.12. The third kappa shape index (κ3) is 4.35. The number of nitrogens with zero attached hydrogens (tertiary/aromatic N) is 3. The van der Waals surface area contributed by atoms with Gasteiger partial charge in [0.05, 0.1) is 12.2 Å². The van der Waals surface area contributed by atoms with Crippen molar-refractivity contribution in [2.24, 2.45) is 5.92 Å². The van der Waals surface area contributed by atoms with Crippen molar-refractivity contribution in [1.82, 2.24) is 14.8 Å².